The third-order valence-corrected chi connectivity index (χ3v) is 4.61. The standard InChI is InChI=1S/C20H19N5/c21-13-16-5-8-20(22-14-16)25-11-9-24(10-12-25)15-18-7-6-17-3-1-2-4-19(17)23-18/h1-8,14H,9-12,15H2. The molecule has 1 saturated heterocycles. The number of benzene rings is 1. The van der Waals surface area contributed by atoms with Crippen LogP contribution in [-0.2, 0) is 6.54 Å². The normalized spacial score (nSPS) is 15.2. The third kappa shape index (κ3) is 3.44. The molecule has 3 heterocycles. The van der Waals surface area contributed by atoms with Crippen LogP contribution >= 0.6 is 0 Å². The highest BCUT2D eigenvalue weighted by molar-refractivity contribution is 5.78. The average Bonchev–Trinajstić information content (AvgIpc) is 2.69. The molecule has 0 spiro atoms. The molecule has 1 fully saturated rings. The molecule has 5 nitrogen and oxygen atoms in total. The van der Waals surface area contributed by atoms with Gasteiger partial charge in [-0.2, -0.15) is 5.26 Å². The molecule has 0 saturated carbocycles. The van der Waals surface area contributed by atoms with Gasteiger partial charge in [-0.1, -0.05) is 24.3 Å². The fourth-order valence-electron chi connectivity index (χ4n) is 3.20. The smallest absolute Gasteiger partial charge is 0.128 e. The Morgan fingerprint density at radius 2 is 1.80 bits per heavy atom. The summed E-state index contributed by atoms with van der Waals surface area (Å²) >= 11 is 0. The zero-order valence-corrected chi connectivity index (χ0v) is 14.0. The van der Waals surface area contributed by atoms with E-state index in [4.69, 9.17) is 10.2 Å². The van der Waals surface area contributed by atoms with Crippen LogP contribution in [0.1, 0.15) is 11.3 Å². The molecule has 5 heteroatoms. The second-order valence-corrected chi connectivity index (χ2v) is 6.28. The van der Waals surface area contributed by atoms with Crippen molar-refractivity contribution in [2.75, 3.05) is 31.1 Å². The molecule has 124 valence electrons. The van der Waals surface area contributed by atoms with Gasteiger partial charge < -0.3 is 4.90 Å². The summed E-state index contributed by atoms with van der Waals surface area (Å²) in [7, 11) is 0. The number of fused-ring (bicyclic) bond motifs is 1. The van der Waals surface area contributed by atoms with E-state index in [1.807, 2.05) is 24.3 Å². The largest absolute Gasteiger partial charge is 0.354 e. The monoisotopic (exact) mass is 329 g/mol. The number of piperazine rings is 1. The van der Waals surface area contributed by atoms with Crippen LogP contribution in [0.25, 0.3) is 10.9 Å². The van der Waals surface area contributed by atoms with Crippen LogP contribution in [0.15, 0.2) is 54.7 Å². The number of hydrogen-bond donors (Lipinski definition) is 0. The van der Waals surface area contributed by atoms with E-state index in [1.165, 1.54) is 5.39 Å². The van der Waals surface area contributed by atoms with E-state index < -0.39 is 0 Å². The topological polar surface area (TPSA) is 56.1 Å². The maximum Gasteiger partial charge on any atom is 0.128 e. The SMILES string of the molecule is N#Cc1ccc(N2CCN(Cc3ccc4ccccc4n3)CC2)nc1. The molecule has 0 bridgehead atoms. The van der Waals surface area contributed by atoms with Gasteiger partial charge in [-0.05, 0) is 24.3 Å². The van der Waals surface area contributed by atoms with Gasteiger partial charge in [0.05, 0.1) is 16.8 Å². The number of nitriles is 1. The van der Waals surface area contributed by atoms with Crippen molar-refractivity contribution < 1.29 is 0 Å². The van der Waals surface area contributed by atoms with Gasteiger partial charge in [-0.25, -0.2) is 4.98 Å². The first-order valence-corrected chi connectivity index (χ1v) is 8.50. The van der Waals surface area contributed by atoms with Crippen molar-refractivity contribution in [3.63, 3.8) is 0 Å². The maximum absolute atomic E-state index is 8.86. The molecule has 25 heavy (non-hydrogen) atoms. The molecule has 0 amide bonds. The van der Waals surface area contributed by atoms with Crippen LogP contribution in [-0.4, -0.2) is 41.0 Å². The van der Waals surface area contributed by atoms with Gasteiger partial charge in [0.15, 0.2) is 0 Å². The minimum absolute atomic E-state index is 0.602. The summed E-state index contributed by atoms with van der Waals surface area (Å²) in [5.41, 5.74) is 2.77. The molecular weight excluding hydrogens is 310 g/mol. The van der Waals surface area contributed by atoms with Gasteiger partial charge in [0.25, 0.3) is 0 Å². The highest BCUT2D eigenvalue weighted by Crippen LogP contribution is 2.16. The molecule has 0 radical (unpaired) electrons. The van der Waals surface area contributed by atoms with Crippen LogP contribution in [0.4, 0.5) is 5.82 Å². The number of aromatic nitrogens is 2. The van der Waals surface area contributed by atoms with Gasteiger partial charge >= 0.3 is 0 Å². The summed E-state index contributed by atoms with van der Waals surface area (Å²) in [5.74, 6) is 0.947. The number of anilines is 1. The summed E-state index contributed by atoms with van der Waals surface area (Å²) in [6.45, 7) is 4.71. The highest BCUT2D eigenvalue weighted by atomic mass is 15.3. The van der Waals surface area contributed by atoms with E-state index in [0.29, 0.717) is 5.56 Å². The van der Waals surface area contributed by atoms with Crippen molar-refractivity contribution in [2.24, 2.45) is 0 Å². The van der Waals surface area contributed by atoms with Crippen LogP contribution in [0.5, 0.6) is 0 Å². The number of nitrogens with zero attached hydrogens (tertiary/aromatic N) is 5. The van der Waals surface area contributed by atoms with Gasteiger partial charge in [0.1, 0.15) is 11.9 Å². The maximum atomic E-state index is 8.86. The van der Waals surface area contributed by atoms with Crippen LogP contribution in [0.2, 0.25) is 0 Å². The third-order valence-electron chi connectivity index (χ3n) is 4.61. The summed E-state index contributed by atoms with van der Waals surface area (Å²) < 4.78 is 0. The molecule has 1 aromatic carbocycles. The summed E-state index contributed by atoms with van der Waals surface area (Å²) in [6, 6.07) is 18.4. The van der Waals surface area contributed by atoms with Crippen molar-refractivity contribution in [2.45, 2.75) is 6.54 Å². The van der Waals surface area contributed by atoms with Crippen molar-refractivity contribution in [3.05, 3.63) is 66.0 Å². The Morgan fingerprint density at radius 3 is 2.56 bits per heavy atom. The lowest BCUT2D eigenvalue weighted by atomic mass is 10.2. The van der Waals surface area contributed by atoms with E-state index in [2.05, 4.69) is 45.1 Å². The fourth-order valence-corrected chi connectivity index (χ4v) is 3.20. The van der Waals surface area contributed by atoms with E-state index in [9.17, 15) is 0 Å². The molecule has 1 aliphatic rings. The predicted octanol–water partition coefficient (Wildman–Crippen LogP) is 2.82. The minimum atomic E-state index is 0.602. The van der Waals surface area contributed by atoms with Crippen molar-refractivity contribution in [1.82, 2.24) is 14.9 Å². The fraction of sp³-hybridized carbons (Fsp3) is 0.250. The molecule has 0 aliphatic carbocycles. The van der Waals surface area contributed by atoms with Crippen molar-refractivity contribution >= 4 is 16.7 Å². The van der Waals surface area contributed by atoms with Crippen molar-refractivity contribution in [1.29, 1.82) is 5.26 Å². The molecule has 0 unspecified atom stereocenters. The highest BCUT2D eigenvalue weighted by Gasteiger charge is 2.18. The van der Waals surface area contributed by atoms with E-state index >= 15 is 0 Å². The predicted molar refractivity (Wildman–Crippen MR) is 98.2 cm³/mol. The van der Waals surface area contributed by atoms with Crippen molar-refractivity contribution in [3.8, 4) is 6.07 Å². The van der Waals surface area contributed by atoms with Gasteiger partial charge in [0, 0.05) is 44.3 Å². The molecule has 4 rings (SSSR count). The first-order chi connectivity index (χ1) is 12.3. The molecular formula is C20H19N5. The number of pyridine rings is 2. The molecule has 0 atom stereocenters. The lowest BCUT2D eigenvalue weighted by Crippen LogP contribution is -2.46. The number of rotatable bonds is 3. The first kappa shape index (κ1) is 15.6. The molecule has 0 N–H and O–H groups in total. The Kier molecular flexibility index (Phi) is 4.28. The van der Waals surface area contributed by atoms with Crippen LogP contribution in [0, 0.1) is 11.3 Å². The van der Waals surface area contributed by atoms with E-state index in [-0.39, 0.29) is 0 Å². The second-order valence-electron chi connectivity index (χ2n) is 6.28. The van der Waals surface area contributed by atoms with Gasteiger partial charge in [-0.15, -0.1) is 0 Å². The second kappa shape index (κ2) is 6.88. The first-order valence-electron chi connectivity index (χ1n) is 8.50. The Hall–Kier alpha value is -2.97. The van der Waals surface area contributed by atoms with E-state index in [1.54, 1.807) is 6.20 Å². The van der Waals surface area contributed by atoms with Crippen LogP contribution in [0.3, 0.4) is 0 Å². The van der Waals surface area contributed by atoms with Crippen LogP contribution < -0.4 is 4.90 Å². The Morgan fingerprint density at radius 1 is 0.960 bits per heavy atom. The Balaban J connectivity index is 1.38. The zero-order valence-electron chi connectivity index (χ0n) is 14.0. The molecule has 3 aromatic rings. The van der Waals surface area contributed by atoms with Gasteiger partial charge in [0.2, 0.25) is 0 Å². The van der Waals surface area contributed by atoms with Gasteiger partial charge in [-0.3, -0.25) is 9.88 Å². The average molecular weight is 329 g/mol. The Bertz CT molecular complexity index is 905. The quantitative estimate of drug-likeness (QED) is 0.739. The van der Waals surface area contributed by atoms with E-state index in [0.717, 1.165) is 49.8 Å². The lowest BCUT2D eigenvalue weighted by molar-refractivity contribution is 0.247. The molecule has 2 aromatic heterocycles. The number of para-hydroxylation sites is 1. The molecule has 1 aliphatic heterocycles. The Labute approximate surface area is 147 Å². The zero-order chi connectivity index (χ0) is 17.1. The minimum Gasteiger partial charge on any atom is -0.354 e. The summed E-state index contributed by atoms with van der Waals surface area (Å²) in [5, 5.41) is 10.0. The lowest BCUT2D eigenvalue weighted by Gasteiger charge is -2.35. The summed E-state index contributed by atoms with van der Waals surface area (Å²) in [6.07, 6.45) is 1.64. The number of hydrogen-bond acceptors (Lipinski definition) is 5. The summed E-state index contributed by atoms with van der Waals surface area (Å²) in [4.78, 5) is 13.9.